The smallest absolute Gasteiger partial charge is 0.0979 e. The van der Waals surface area contributed by atoms with Crippen molar-refractivity contribution >= 4 is 95.6 Å². The van der Waals surface area contributed by atoms with Crippen LogP contribution in [0.4, 0.5) is 0 Å². The van der Waals surface area contributed by atoms with Gasteiger partial charge in [-0.05, 0) is 80.6 Å². The van der Waals surface area contributed by atoms with Crippen LogP contribution in [0.2, 0.25) is 0 Å². The zero-order chi connectivity index (χ0) is 36.7. The van der Waals surface area contributed by atoms with E-state index in [0.717, 1.165) is 38.6 Å². The summed E-state index contributed by atoms with van der Waals surface area (Å²) in [6.07, 6.45) is 1.94. The molecule has 0 atom stereocenters. The topological polar surface area (TPSA) is 25.8 Å². The Kier molecular flexibility index (Phi) is 7.00. The second-order valence-electron chi connectivity index (χ2n) is 14.5. The highest BCUT2D eigenvalue weighted by molar-refractivity contribution is 7.26. The molecular formula is C52H30N2S2. The summed E-state index contributed by atoms with van der Waals surface area (Å²) in [5, 5.41) is 9.88. The Morgan fingerprint density at radius 2 is 0.768 bits per heavy atom. The minimum absolute atomic E-state index is 0.862. The summed E-state index contributed by atoms with van der Waals surface area (Å²) in [6, 6.07) is 64.1. The van der Waals surface area contributed by atoms with Crippen molar-refractivity contribution in [3.63, 3.8) is 0 Å². The van der Waals surface area contributed by atoms with E-state index in [2.05, 4.69) is 176 Å². The first-order valence-electron chi connectivity index (χ1n) is 18.9. The van der Waals surface area contributed by atoms with Crippen molar-refractivity contribution in [2.24, 2.45) is 0 Å². The number of rotatable bonds is 4. The maximum Gasteiger partial charge on any atom is 0.0979 e. The molecule has 0 radical (unpaired) electrons. The van der Waals surface area contributed by atoms with Gasteiger partial charge in [-0.2, -0.15) is 0 Å². The van der Waals surface area contributed by atoms with E-state index < -0.39 is 0 Å². The summed E-state index contributed by atoms with van der Waals surface area (Å²) in [6.45, 7) is 0. The third kappa shape index (κ3) is 4.86. The molecule has 2 nitrogen and oxygen atoms in total. The van der Waals surface area contributed by atoms with E-state index in [4.69, 9.17) is 9.97 Å². The van der Waals surface area contributed by atoms with Gasteiger partial charge < -0.3 is 0 Å². The van der Waals surface area contributed by atoms with Crippen molar-refractivity contribution in [1.29, 1.82) is 0 Å². The van der Waals surface area contributed by atoms with E-state index in [-0.39, 0.29) is 0 Å². The summed E-state index contributed by atoms with van der Waals surface area (Å²) >= 11 is 3.76. The van der Waals surface area contributed by atoms with Crippen LogP contribution in [0.25, 0.3) is 118 Å². The van der Waals surface area contributed by atoms with E-state index in [1.54, 1.807) is 0 Å². The largest absolute Gasteiger partial charge is 0.252 e. The van der Waals surface area contributed by atoms with E-state index in [9.17, 15) is 0 Å². The Labute approximate surface area is 330 Å². The van der Waals surface area contributed by atoms with Crippen LogP contribution in [0.5, 0.6) is 0 Å². The molecular weight excluding hydrogens is 717 g/mol. The van der Waals surface area contributed by atoms with Crippen molar-refractivity contribution in [3.05, 3.63) is 182 Å². The van der Waals surface area contributed by atoms with Crippen molar-refractivity contribution in [3.8, 4) is 44.6 Å². The average Bonchev–Trinajstić information content (AvgIpc) is 3.85. The number of benzene rings is 9. The molecule has 12 rings (SSSR count). The lowest BCUT2D eigenvalue weighted by molar-refractivity contribution is 1.31. The van der Waals surface area contributed by atoms with Crippen molar-refractivity contribution in [1.82, 2.24) is 9.97 Å². The van der Waals surface area contributed by atoms with Crippen LogP contribution in [0.15, 0.2) is 182 Å². The molecule has 0 fully saturated rings. The maximum absolute atomic E-state index is 5.34. The van der Waals surface area contributed by atoms with Gasteiger partial charge in [-0.3, -0.25) is 4.98 Å². The standard InChI is InChI=1S/C52H30N2S2/c1-3-18-42-38(14-1)39-15-2-4-19-43(39)50-49(42)53-30-46(54-50)32-13-9-12-31(26-32)33-27-34(36-20-10-22-44-40-16-5-7-24-47(40)55-51(36)44)29-35(28-33)37-21-11-23-45-41-17-6-8-25-48(41)56-52(37)45/h1-30H. The molecule has 0 amide bonds. The minimum Gasteiger partial charge on any atom is -0.252 e. The van der Waals surface area contributed by atoms with Crippen LogP contribution >= 0.6 is 22.7 Å². The fourth-order valence-corrected chi connectivity index (χ4v) is 11.2. The second kappa shape index (κ2) is 12.4. The van der Waals surface area contributed by atoms with Gasteiger partial charge in [0.2, 0.25) is 0 Å². The summed E-state index contributed by atoms with van der Waals surface area (Å²) in [4.78, 5) is 10.4. The lowest BCUT2D eigenvalue weighted by atomic mass is 9.91. The molecule has 0 N–H and O–H groups in total. The Hall–Kier alpha value is -6.72. The Morgan fingerprint density at radius 3 is 1.38 bits per heavy atom. The van der Waals surface area contributed by atoms with Gasteiger partial charge in [0, 0.05) is 56.7 Å². The van der Waals surface area contributed by atoms with Gasteiger partial charge in [0.05, 0.1) is 22.9 Å². The molecule has 0 spiro atoms. The molecule has 12 aromatic rings. The molecule has 3 aromatic heterocycles. The highest BCUT2D eigenvalue weighted by atomic mass is 32.1. The highest BCUT2D eigenvalue weighted by Crippen LogP contribution is 2.45. The van der Waals surface area contributed by atoms with Crippen LogP contribution in [0, 0.1) is 0 Å². The third-order valence-corrected chi connectivity index (χ3v) is 13.7. The van der Waals surface area contributed by atoms with Gasteiger partial charge in [0.25, 0.3) is 0 Å². The molecule has 4 heteroatoms. The van der Waals surface area contributed by atoms with Crippen molar-refractivity contribution in [2.75, 3.05) is 0 Å². The molecule has 56 heavy (non-hydrogen) atoms. The molecule has 0 saturated carbocycles. The van der Waals surface area contributed by atoms with Crippen LogP contribution < -0.4 is 0 Å². The summed E-state index contributed by atoms with van der Waals surface area (Å²) in [5.41, 5.74) is 11.0. The van der Waals surface area contributed by atoms with Crippen molar-refractivity contribution in [2.45, 2.75) is 0 Å². The first-order chi connectivity index (χ1) is 27.7. The number of hydrogen-bond acceptors (Lipinski definition) is 4. The van der Waals surface area contributed by atoms with Gasteiger partial charge in [-0.25, -0.2) is 4.98 Å². The van der Waals surface area contributed by atoms with Gasteiger partial charge in [-0.15, -0.1) is 22.7 Å². The molecule has 0 unspecified atom stereocenters. The lowest BCUT2D eigenvalue weighted by Gasteiger charge is -2.14. The second-order valence-corrected chi connectivity index (χ2v) is 16.6. The fraction of sp³-hybridized carbons (Fsp3) is 0. The van der Waals surface area contributed by atoms with Crippen LogP contribution in [0.1, 0.15) is 0 Å². The number of thiophene rings is 2. The zero-order valence-corrected chi connectivity index (χ0v) is 31.7. The normalized spacial score (nSPS) is 11.9. The quantitative estimate of drug-likeness (QED) is 0.168. The van der Waals surface area contributed by atoms with E-state index in [1.807, 2.05) is 28.9 Å². The summed E-state index contributed by atoms with van der Waals surface area (Å²) in [7, 11) is 0. The third-order valence-electron chi connectivity index (χ3n) is 11.3. The molecule has 9 aromatic carbocycles. The Morgan fingerprint density at radius 1 is 0.321 bits per heavy atom. The highest BCUT2D eigenvalue weighted by Gasteiger charge is 2.17. The van der Waals surface area contributed by atoms with E-state index in [1.165, 1.54) is 78.9 Å². The minimum atomic E-state index is 0.862. The molecule has 0 aliphatic rings. The maximum atomic E-state index is 5.34. The first kappa shape index (κ1) is 31.6. The molecule has 3 heterocycles. The summed E-state index contributed by atoms with van der Waals surface area (Å²) < 4.78 is 5.26. The Balaban J connectivity index is 1.07. The number of hydrogen-bond donors (Lipinski definition) is 0. The Bertz CT molecular complexity index is 3390. The van der Waals surface area contributed by atoms with E-state index in [0.29, 0.717) is 0 Å². The lowest BCUT2D eigenvalue weighted by Crippen LogP contribution is -1.92. The average molecular weight is 747 g/mol. The van der Waals surface area contributed by atoms with Gasteiger partial charge in [0.1, 0.15) is 0 Å². The van der Waals surface area contributed by atoms with Crippen molar-refractivity contribution < 1.29 is 0 Å². The summed E-state index contributed by atoms with van der Waals surface area (Å²) in [5.74, 6) is 0. The predicted octanol–water partition coefficient (Wildman–Crippen LogP) is 15.3. The van der Waals surface area contributed by atoms with Gasteiger partial charge >= 0.3 is 0 Å². The number of fused-ring (bicyclic) bond motifs is 12. The van der Waals surface area contributed by atoms with Gasteiger partial charge in [-0.1, -0.05) is 140 Å². The number of nitrogens with zero attached hydrogens (tertiary/aromatic N) is 2. The monoisotopic (exact) mass is 746 g/mol. The van der Waals surface area contributed by atoms with Crippen LogP contribution in [-0.4, -0.2) is 9.97 Å². The predicted molar refractivity (Wildman–Crippen MR) is 242 cm³/mol. The number of aromatic nitrogens is 2. The van der Waals surface area contributed by atoms with Gasteiger partial charge in [0.15, 0.2) is 0 Å². The molecule has 0 bridgehead atoms. The molecule has 0 saturated heterocycles. The SMILES string of the molecule is c1cc(-c2cc(-c3cccc4c3sc3ccccc34)cc(-c3cccc4c3sc3ccccc34)c2)cc(-c2cnc3c4ccccc4c4ccccc4c3n2)c1. The van der Waals surface area contributed by atoms with Crippen LogP contribution in [-0.2, 0) is 0 Å². The molecule has 260 valence electrons. The molecule has 0 aliphatic heterocycles. The van der Waals surface area contributed by atoms with Crippen LogP contribution in [0.3, 0.4) is 0 Å². The fourth-order valence-electron chi connectivity index (χ4n) is 8.67. The zero-order valence-electron chi connectivity index (χ0n) is 30.0. The van der Waals surface area contributed by atoms with E-state index >= 15 is 0 Å². The molecule has 0 aliphatic carbocycles. The first-order valence-corrected chi connectivity index (χ1v) is 20.5.